The predicted molar refractivity (Wildman–Crippen MR) is 99.8 cm³/mol. The number of hydrogen-bond acceptors (Lipinski definition) is 4. The number of rotatable bonds is 3. The van der Waals surface area contributed by atoms with E-state index in [9.17, 15) is 18.0 Å². The van der Waals surface area contributed by atoms with E-state index in [1.54, 1.807) is 6.92 Å². The molecular weight excluding hydrogens is 395 g/mol. The van der Waals surface area contributed by atoms with Crippen LogP contribution < -0.4 is 4.74 Å². The molecule has 0 spiro atoms. The van der Waals surface area contributed by atoms with Gasteiger partial charge in [-0.1, -0.05) is 23.7 Å². The molecule has 0 fully saturated rings. The number of fused-ring (bicyclic) bond motifs is 1. The Hall–Kier alpha value is -2.80. The summed E-state index contributed by atoms with van der Waals surface area (Å²) >= 11 is 6.17. The second-order valence-electron chi connectivity index (χ2n) is 6.03. The molecule has 146 valence electrons. The number of aromatic nitrogens is 1. The quantitative estimate of drug-likeness (QED) is 0.522. The molecule has 2 aromatic carbocycles. The van der Waals surface area contributed by atoms with E-state index in [1.165, 1.54) is 38.5 Å². The van der Waals surface area contributed by atoms with Gasteiger partial charge in [-0.2, -0.15) is 13.2 Å². The minimum Gasteiger partial charge on any atom is -0.495 e. The highest BCUT2D eigenvalue weighted by Crippen LogP contribution is 2.37. The van der Waals surface area contributed by atoms with Gasteiger partial charge in [0.25, 0.3) is 0 Å². The van der Waals surface area contributed by atoms with Gasteiger partial charge in [0.1, 0.15) is 5.75 Å². The molecule has 0 amide bonds. The van der Waals surface area contributed by atoms with E-state index in [0.717, 1.165) is 12.1 Å². The van der Waals surface area contributed by atoms with Crippen LogP contribution in [0, 0.1) is 6.92 Å². The maximum atomic E-state index is 13.1. The number of ether oxygens (including phenoxy) is 2. The van der Waals surface area contributed by atoms with E-state index >= 15 is 0 Å². The Morgan fingerprint density at radius 3 is 2.46 bits per heavy atom. The average Bonchev–Trinajstić information content (AvgIpc) is 2.66. The molecule has 0 bridgehead atoms. The fourth-order valence-electron chi connectivity index (χ4n) is 3.01. The van der Waals surface area contributed by atoms with Crippen molar-refractivity contribution in [3.8, 4) is 17.0 Å². The van der Waals surface area contributed by atoms with Crippen LogP contribution in [-0.4, -0.2) is 25.2 Å². The summed E-state index contributed by atoms with van der Waals surface area (Å²) in [5, 5.41) is 0.694. The lowest BCUT2D eigenvalue weighted by Crippen LogP contribution is -2.09. The zero-order chi connectivity index (χ0) is 20.6. The van der Waals surface area contributed by atoms with E-state index in [1.807, 2.05) is 0 Å². The van der Waals surface area contributed by atoms with Crippen molar-refractivity contribution >= 4 is 28.5 Å². The molecule has 0 N–H and O–H groups in total. The molecule has 0 aliphatic carbocycles. The summed E-state index contributed by atoms with van der Waals surface area (Å²) in [7, 11) is 2.65. The van der Waals surface area contributed by atoms with Crippen molar-refractivity contribution in [1.82, 2.24) is 4.98 Å². The minimum absolute atomic E-state index is 0.185. The van der Waals surface area contributed by atoms with Crippen molar-refractivity contribution in [1.29, 1.82) is 0 Å². The monoisotopic (exact) mass is 409 g/mol. The van der Waals surface area contributed by atoms with Gasteiger partial charge in [0.05, 0.1) is 41.6 Å². The number of pyridine rings is 1. The Balaban J connectivity index is 2.37. The van der Waals surface area contributed by atoms with Crippen molar-refractivity contribution in [3.05, 3.63) is 58.1 Å². The highest BCUT2D eigenvalue weighted by Gasteiger charge is 2.31. The first-order chi connectivity index (χ1) is 13.2. The van der Waals surface area contributed by atoms with Crippen molar-refractivity contribution in [3.63, 3.8) is 0 Å². The Bertz CT molecular complexity index is 1080. The third-order valence-electron chi connectivity index (χ3n) is 4.35. The molecule has 0 saturated carbocycles. The van der Waals surface area contributed by atoms with E-state index in [0.29, 0.717) is 22.2 Å². The van der Waals surface area contributed by atoms with Gasteiger partial charge in [0.15, 0.2) is 0 Å². The number of alkyl halides is 3. The molecule has 0 unspecified atom stereocenters. The number of benzene rings is 2. The Kier molecular flexibility index (Phi) is 5.21. The SMILES string of the molecule is COC(=O)c1c(C)c(-c2cccc(C(F)(F)F)c2)nc2cc(OC)c(Cl)cc12. The molecule has 0 aliphatic heterocycles. The standard InChI is InChI=1S/C20H15ClF3NO3/c1-10-17(19(26)28-3)13-8-14(21)16(27-2)9-15(13)25-18(10)11-5-4-6-12(7-11)20(22,23)24/h4-9H,1-3H3. The average molecular weight is 410 g/mol. The maximum absolute atomic E-state index is 13.1. The number of methoxy groups -OCH3 is 2. The second-order valence-corrected chi connectivity index (χ2v) is 6.44. The lowest BCUT2D eigenvalue weighted by Gasteiger charge is -2.15. The maximum Gasteiger partial charge on any atom is 0.416 e. The molecule has 0 aliphatic rings. The molecule has 0 atom stereocenters. The number of carbonyl (C=O) groups is 1. The van der Waals surface area contributed by atoms with Gasteiger partial charge in [0.2, 0.25) is 0 Å². The third-order valence-corrected chi connectivity index (χ3v) is 4.65. The molecule has 0 saturated heterocycles. The van der Waals surface area contributed by atoms with Crippen molar-refractivity contribution in [2.75, 3.05) is 14.2 Å². The number of halogens is 4. The first-order valence-electron chi connectivity index (χ1n) is 8.11. The van der Waals surface area contributed by atoms with E-state index in [2.05, 4.69) is 4.98 Å². The summed E-state index contributed by atoms with van der Waals surface area (Å²) in [6.45, 7) is 1.60. The zero-order valence-electron chi connectivity index (χ0n) is 15.1. The lowest BCUT2D eigenvalue weighted by molar-refractivity contribution is -0.137. The fourth-order valence-corrected chi connectivity index (χ4v) is 3.25. The Morgan fingerprint density at radius 2 is 1.86 bits per heavy atom. The van der Waals surface area contributed by atoms with Crippen LogP contribution in [0.15, 0.2) is 36.4 Å². The van der Waals surface area contributed by atoms with Crippen molar-refractivity contribution < 1.29 is 27.4 Å². The molecule has 0 radical (unpaired) electrons. The minimum atomic E-state index is -4.50. The topological polar surface area (TPSA) is 48.4 Å². The summed E-state index contributed by atoms with van der Waals surface area (Å²) < 4.78 is 49.4. The van der Waals surface area contributed by atoms with Crippen molar-refractivity contribution in [2.45, 2.75) is 13.1 Å². The number of carbonyl (C=O) groups excluding carboxylic acids is 1. The molecule has 3 rings (SSSR count). The largest absolute Gasteiger partial charge is 0.495 e. The predicted octanol–water partition coefficient (Wildman–Crippen LogP) is 5.68. The molecule has 1 aromatic heterocycles. The van der Waals surface area contributed by atoms with Crippen LogP contribution in [-0.2, 0) is 10.9 Å². The van der Waals surface area contributed by atoms with Gasteiger partial charge in [-0.25, -0.2) is 9.78 Å². The lowest BCUT2D eigenvalue weighted by atomic mass is 9.96. The normalized spacial score (nSPS) is 11.5. The smallest absolute Gasteiger partial charge is 0.416 e. The molecule has 28 heavy (non-hydrogen) atoms. The van der Waals surface area contributed by atoms with Crippen LogP contribution in [0.25, 0.3) is 22.2 Å². The second kappa shape index (κ2) is 7.31. The summed E-state index contributed by atoms with van der Waals surface area (Å²) in [6, 6.07) is 7.83. The highest BCUT2D eigenvalue weighted by atomic mass is 35.5. The van der Waals surface area contributed by atoms with Gasteiger partial charge in [-0.05, 0) is 30.7 Å². The fraction of sp³-hybridized carbons (Fsp3) is 0.200. The summed E-state index contributed by atoms with van der Waals surface area (Å²) in [4.78, 5) is 16.9. The van der Waals surface area contributed by atoms with Crippen LogP contribution in [0.4, 0.5) is 13.2 Å². The molecule has 3 aromatic rings. The summed E-state index contributed by atoms with van der Waals surface area (Å²) in [5.74, 6) is -0.310. The number of nitrogens with zero attached hydrogens (tertiary/aromatic N) is 1. The van der Waals surface area contributed by atoms with Crippen molar-refractivity contribution in [2.24, 2.45) is 0 Å². The van der Waals surface area contributed by atoms with Gasteiger partial charge in [-0.15, -0.1) is 0 Å². The third kappa shape index (κ3) is 3.49. The summed E-state index contributed by atoms with van der Waals surface area (Å²) in [5.41, 5.74) is 0.584. The first-order valence-corrected chi connectivity index (χ1v) is 8.49. The Morgan fingerprint density at radius 1 is 1.14 bits per heavy atom. The molecule has 1 heterocycles. The van der Waals surface area contributed by atoms with Crippen LogP contribution in [0.3, 0.4) is 0 Å². The molecule has 8 heteroatoms. The number of esters is 1. The highest BCUT2D eigenvalue weighted by molar-refractivity contribution is 6.33. The Labute approximate surface area is 163 Å². The summed E-state index contributed by atoms with van der Waals surface area (Å²) in [6.07, 6.45) is -4.50. The molecular formula is C20H15ClF3NO3. The van der Waals surface area contributed by atoms with Crippen LogP contribution >= 0.6 is 11.6 Å². The molecule has 4 nitrogen and oxygen atoms in total. The van der Waals surface area contributed by atoms with Crippen LogP contribution in [0.5, 0.6) is 5.75 Å². The van der Waals surface area contributed by atoms with Crippen LogP contribution in [0.1, 0.15) is 21.5 Å². The zero-order valence-corrected chi connectivity index (χ0v) is 15.9. The van der Waals surface area contributed by atoms with E-state index in [-0.39, 0.29) is 21.8 Å². The van der Waals surface area contributed by atoms with E-state index < -0.39 is 17.7 Å². The van der Waals surface area contributed by atoms with Crippen LogP contribution in [0.2, 0.25) is 5.02 Å². The van der Waals surface area contributed by atoms with E-state index in [4.69, 9.17) is 21.1 Å². The van der Waals surface area contributed by atoms with Gasteiger partial charge >= 0.3 is 12.1 Å². The first kappa shape index (κ1) is 19.9. The number of hydrogen-bond donors (Lipinski definition) is 0. The van der Waals surface area contributed by atoms with Gasteiger partial charge in [-0.3, -0.25) is 0 Å². The van der Waals surface area contributed by atoms with Gasteiger partial charge < -0.3 is 9.47 Å². The van der Waals surface area contributed by atoms with Gasteiger partial charge in [0, 0.05) is 17.0 Å².